The number of aliphatic imine (C=N–C) groups is 1. The van der Waals surface area contributed by atoms with Gasteiger partial charge in [-0.2, -0.15) is 18.2 Å². The van der Waals surface area contributed by atoms with Crippen molar-refractivity contribution < 1.29 is 18.0 Å². The summed E-state index contributed by atoms with van der Waals surface area (Å²) in [6, 6.07) is 13.5. The number of rotatable bonds is 3. The first kappa shape index (κ1) is 21.5. The van der Waals surface area contributed by atoms with Crippen LogP contribution in [-0.2, 0) is 17.4 Å². The van der Waals surface area contributed by atoms with Gasteiger partial charge >= 0.3 is 6.18 Å². The fourth-order valence-electron chi connectivity index (χ4n) is 3.57. The number of carbonyl (C=O) groups excluding carboxylic acids is 1. The van der Waals surface area contributed by atoms with Crippen molar-refractivity contribution in [3.8, 4) is 0 Å². The molecule has 2 aromatic rings. The number of piperazine rings is 1. The van der Waals surface area contributed by atoms with Crippen molar-refractivity contribution in [3.05, 3.63) is 70.1 Å². The van der Waals surface area contributed by atoms with Gasteiger partial charge in [-0.1, -0.05) is 37.3 Å². The zero-order chi connectivity index (χ0) is 22.0. The third-order valence-electron chi connectivity index (χ3n) is 5.38. The summed E-state index contributed by atoms with van der Waals surface area (Å²) in [5.41, 5.74) is 2.11. The molecule has 2 aromatic carbocycles. The van der Waals surface area contributed by atoms with Gasteiger partial charge in [0.05, 0.1) is 10.5 Å². The molecule has 8 heteroatoms. The van der Waals surface area contributed by atoms with E-state index >= 15 is 0 Å². The second kappa shape index (κ2) is 8.78. The topological polar surface area (TPSA) is 35.9 Å². The molecule has 0 aromatic heterocycles. The lowest BCUT2D eigenvalue weighted by atomic mass is 10.1. The molecule has 0 aliphatic carbocycles. The van der Waals surface area contributed by atoms with Gasteiger partial charge in [0.15, 0.2) is 5.17 Å². The number of nitrogens with zero attached hydrogens (tertiary/aromatic N) is 3. The molecule has 2 heterocycles. The van der Waals surface area contributed by atoms with Crippen molar-refractivity contribution in [2.45, 2.75) is 19.5 Å². The van der Waals surface area contributed by atoms with Gasteiger partial charge < -0.3 is 9.80 Å². The van der Waals surface area contributed by atoms with E-state index in [9.17, 15) is 18.0 Å². The second-order valence-corrected chi connectivity index (χ2v) is 8.44. The molecule has 4 rings (SSSR count). The zero-order valence-electron chi connectivity index (χ0n) is 17.0. The van der Waals surface area contributed by atoms with E-state index in [-0.39, 0.29) is 5.91 Å². The lowest BCUT2D eigenvalue weighted by Gasteiger charge is -2.36. The van der Waals surface area contributed by atoms with Gasteiger partial charge in [0, 0.05) is 31.9 Å². The van der Waals surface area contributed by atoms with E-state index in [0.717, 1.165) is 18.1 Å². The maximum Gasteiger partial charge on any atom is 0.416 e. The number of aryl methyl sites for hydroxylation is 1. The fourth-order valence-corrected chi connectivity index (χ4v) is 4.53. The Morgan fingerprint density at radius 3 is 2.35 bits per heavy atom. The molecule has 0 saturated carbocycles. The van der Waals surface area contributed by atoms with Crippen molar-refractivity contribution in [2.24, 2.45) is 4.99 Å². The van der Waals surface area contributed by atoms with Crippen LogP contribution < -0.4 is 4.90 Å². The molecule has 31 heavy (non-hydrogen) atoms. The van der Waals surface area contributed by atoms with Crippen molar-refractivity contribution in [1.82, 2.24) is 4.90 Å². The minimum absolute atomic E-state index is 0.250. The van der Waals surface area contributed by atoms with Crippen LogP contribution in [0.25, 0.3) is 6.08 Å². The molecule has 0 radical (unpaired) electrons. The van der Waals surface area contributed by atoms with Gasteiger partial charge in [-0.25, -0.2) is 0 Å². The van der Waals surface area contributed by atoms with Crippen molar-refractivity contribution >= 4 is 34.6 Å². The molecular weight excluding hydrogens is 423 g/mol. The summed E-state index contributed by atoms with van der Waals surface area (Å²) < 4.78 is 39.0. The highest BCUT2D eigenvalue weighted by Crippen LogP contribution is 2.33. The van der Waals surface area contributed by atoms with Crippen molar-refractivity contribution in [1.29, 1.82) is 0 Å². The molecule has 1 saturated heterocycles. The SMILES string of the molecule is CCc1ccc(C=C2SC(N3CCN(c4cccc(C(F)(F)F)c4)CC3)=NC2=O)cc1. The van der Waals surface area contributed by atoms with Crippen LogP contribution in [0.4, 0.5) is 18.9 Å². The van der Waals surface area contributed by atoms with Gasteiger partial charge in [0.2, 0.25) is 0 Å². The maximum atomic E-state index is 13.0. The van der Waals surface area contributed by atoms with Crippen molar-refractivity contribution in [3.63, 3.8) is 0 Å². The number of amides is 1. The quantitative estimate of drug-likeness (QED) is 0.619. The maximum absolute atomic E-state index is 13.0. The van der Waals surface area contributed by atoms with Crippen LogP contribution in [0.2, 0.25) is 0 Å². The summed E-state index contributed by atoms with van der Waals surface area (Å²) in [6.07, 6.45) is -1.54. The number of hydrogen-bond donors (Lipinski definition) is 0. The van der Waals surface area contributed by atoms with Gasteiger partial charge in [-0.05, 0) is 53.6 Å². The number of anilines is 1. The Balaban J connectivity index is 1.39. The average molecular weight is 446 g/mol. The van der Waals surface area contributed by atoms with Crippen LogP contribution in [0, 0.1) is 0 Å². The summed E-state index contributed by atoms with van der Waals surface area (Å²) in [5, 5.41) is 0.658. The Kier molecular flexibility index (Phi) is 6.09. The first-order valence-electron chi connectivity index (χ1n) is 10.1. The lowest BCUT2D eigenvalue weighted by molar-refractivity contribution is -0.137. The van der Waals surface area contributed by atoms with Gasteiger partial charge in [-0.3, -0.25) is 4.79 Å². The number of hydrogen-bond acceptors (Lipinski definition) is 4. The van der Waals surface area contributed by atoms with E-state index in [2.05, 4.69) is 11.9 Å². The monoisotopic (exact) mass is 445 g/mol. The minimum Gasteiger partial charge on any atom is -0.368 e. The van der Waals surface area contributed by atoms with Crippen LogP contribution in [0.1, 0.15) is 23.6 Å². The predicted molar refractivity (Wildman–Crippen MR) is 119 cm³/mol. The number of amidine groups is 1. The van der Waals surface area contributed by atoms with Crippen LogP contribution in [0.3, 0.4) is 0 Å². The summed E-state index contributed by atoms with van der Waals surface area (Å²) in [6.45, 7) is 4.40. The van der Waals surface area contributed by atoms with Crippen LogP contribution >= 0.6 is 11.8 Å². The summed E-state index contributed by atoms with van der Waals surface area (Å²) in [7, 11) is 0. The lowest BCUT2D eigenvalue weighted by Crippen LogP contribution is -2.47. The molecule has 2 aliphatic rings. The molecule has 0 bridgehead atoms. The Bertz CT molecular complexity index is 1020. The molecule has 0 unspecified atom stereocenters. The van der Waals surface area contributed by atoms with E-state index in [1.165, 1.54) is 29.5 Å². The Hall–Kier alpha value is -2.74. The van der Waals surface area contributed by atoms with E-state index in [0.29, 0.717) is 41.9 Å². The Morgan fingerprint density at radius 1 is 1.03 bits per heavy atom. The molecule has 2 aliphatic heterocycles. The highest BCUT2D eigenvalue weighted by atomic mass is 32.2. The van der Waals surface area contributed by atoms with Gasteiger partial charge in [0.25, 0.3) is 5.91 Å². The van der Waals surface area contributed by atoms with E-state index in [4.69, 9.17) is 0 Å². The molecule has 0 N–H and O–H groups in total. The smallest absolute Gasteiger partial charge is 0.368 e. The van der Waals surface area contributed by atoms with E-state index in [1.54, 1.807) is 6.07 Å². The first-order chi connectivity index (χ1) is 14.8. The third-order valence-corrected chi connectivity index (χ3v) is 6.43. The van der Waals surface area contributed by atoms with Gasteiger partial charge in [0.1, 0.15) is 0 Å². The Labute approximate surface area is 183 Å². The third kappa shape index (κ3) is 4.95. The van der Waals surface area contributed by atoms with Crippen molar-refractivity contribution in [2.75, 3.05) is 31.1 Å². The average Bonchev–Trinajstić information content (AvgIpc) is 3.14. The molecule has 0 atom stereocenters. The Morgan fingerprint density at radius 2 is 1.71 bits per heavy atom. The summed E-state index contributed by atoms with van der Waals surface area (Å²) in [5.74, 6) is -0.250. The standard InChI is InChI=1S/C23H22F3N3OS/c1-2-16-6-8-17(9-7-16)14-20-21(30)27-22(31-20)29-12-10-28(11-13-29)19-5-3-4-18(15-19)23(24,25)26/h3-9,14-15H,2,10-13H2,1H3. The molecule has 0 spiro atoms. The first-order valence-corrected chi connectivity index (χ1v) is 10.9. The normalized spacial score (nSPS) is 18.6. The second-order valence-electron chi connectivity index (χ2n) is 7.43. The molecule has 4 nitrogen and oxygen atoms in total. The molecule has 1 fully saturated rings. The van der Waals surface area contributed by atoms with E-state index in [1.807, 2.05) is 40.1 Å². The minimum atomic E-state index is -4.35. The van der Waals surface area contributed by atoms with Crippen LogP contribution in [-0.4, -0.2) is 42.2 Å². The number of benzene rings is 2. The fraction of sp³-hybridized carbons (Fsp3) is 0.304. The number of alkyl halides is 3. The highest BCUT2D eigenvalue weighted by Gasteiger charge is 2.32. The zero-order valence-corrected chi connectivity index (χ0v) is 17.8. The number of carbonyl (C=O) groups is 1. The van der Waals surface area contributed by atoms with Crippen LogP contribution in [0.5, 0.6) is 0 Å². The molecule has 1 amide bonds. The highest BCUT2D eigenvalue weighted by molar-refractivity contribution is 8.18. The molecule has 162 valence electrons. The van der Waals surface area contributed by atoms with Crippen LogP contribution in [0.15, 0.2) is 58.4 Å². The summed E-state index contributed by atoms with van der Waals surface area (Å²) in [4.78, 5) is 21.1. The number of thioether (sulfide) groups is 1. The largest absolute Gasteiger partial charge is 0.416 e. The van der Waals surface area contributed by atoms with Gasteiger partial charge in [-0.15, -0.1) is 0 Å². The van der Waals surface area contributed by atoms with E-state index < -0.39 is 11.7 Å². The predicted octanol–water partition coefficient (Wildman–Crippen LogP) is 5.06. The molecular formula is C23H22F3N3OS. The summed E-state index contributed by atoms with van der Waals surface area (Å²) >= 11 is 1.35. The number of halogens is 3.